The summed E-state index contributed by atoms with van der Waals surface area (Å²) in [7, 11) is 0.825. The number of rotatable bonds is 12. The smallest absolute Gasteiger partial charge is 0.351 e. The van der Waals surface area contributed by atoms with Crippen LogP contribution in [0, 0.1) is 17.7 Å². The van der Waals surface area contributed by atoms with Crippen LogP contribution in [0.1, 0.15) is 64.0 Å². The molecule has 15 heteroatoms. The Hall–Kier alpha value is -3.98. The van der Waals surface area contributed by atoms with Crippen molar-refractivity contribution in [2.24, 2.45) is 11.8 Å². The number of nitrogens with zero attached hydrogens (tertiary/aromatic N) is 2. The van der Waals surface area contributed by atoms with E-state index in [1.54, 1.807) is 24.8 Å². The fourth-order valence-corrected chi connectivity index (χ4v) is 8.98. The molecule has 1 aromatic carbocycles. The van der Waals surface area contributed by atoms with Crippen molar-refractivity contribution >= 4 is 38.8 Å². The van der Waals surface area contributed by atoms with Gasteiger partial charge in [-0.2, -0.15) is 8.78 Å². The van der Waals surface area contributed by atoms with E-state index in [2.05, 4.69) is 27.9 Å². The van der Waals surface area contributed by atoms with Gasteiger partial charge in [-0.05, 0) is 35.6 Å². The topological polar surface area (TPSA) is 139 Å². The summed E-state index contributed by atoms with van der Waals surface area (Å²) in [6, 6.07) is 3.58. The molecule has 6 atom stereocenters. The van der Waals surface area contributed by atoms with Crippen LogP contribution < -0.4 is 20.7 Å². The number of hydrogen-bond acceptors (Lipinski definition) is 7. The third-order valence-corrected chi connectivity index (χ3v) is 12.0. The number of carbonyl (C=O) groups is 4. The van der Waals surface area contributed by atoms with E-state index < -0.39 is 62.6 Å². The van der Waals surface area contributed by atoms with Crippen molar-refractivity contribution in [1.29, 1.82) is 0 Å². The van der Waals surface area contributed by atoms with Crippen LogP contribution in [0.25, 0.3) is 0 Å². The number of anilines is 1. The Kier molecular flexibility index (Phi) is 13.4. The minimum Gasteiger partial charge on any atom is -0.495 e. The van der Waals surface area contributed by atoms with E-state index in [1.807, 2.05) is 6.92 Å². The number of carbonyl (C=O) groups excluding carboxylic acids is 4. The summed E-state index contributed by atoms with van der Waals surface area (Å²) < 4.78 is 57.1. The van der Waals surface area contributed by atoms with E-state index in [4.69, 9.17) is 9.47 Å². The van der Waals surface area contributed by atoms with Crippen molar-refractivity contribution in [2.45, 2.75) is 82.5 Å². The SMILES string of the molecule is CCC(=O)N[C@@H](C(=O)N1CCOCC1)[C@@H](C)c1ccc(NC(=O)[C@@H](NC(=O)C(F)(F)c2cncc(OC)c2)[C@H]2CC[SiH2][C@H](C)C[C@H]2C)c(F)c1. The van der Waals surface area contributed by atoms with Gasteiger partial charge in [0.1, 0.15) is 23.7 Å². The zero-order valence-corrected chi connectivity index (χ0v) is 30.7. The summed E-state index contributed by atoms with van der Waals surface area (Å²) in [6.45, 7) is 8.93. The highest BCUT2D eigenvalue weighted by molar-refractivity contribution is 6.37. The first-order chi connectivity index (χ1) is 23.8. The first-order valence-electron chi connectivity index (χ1n) is 17.2. The number of amides is 4. The summed E-state index contributed by atoms with van der Waals surface area (Å²) in [5.41, 5.74) is -0.0330. The van der Waals surface area contributed by atoms with Gasteiger partial charge < -0.3 is 30.3 Å². The molecular weight excluding hydrogens is 671 g/mol. The molecule has 2 aliphatic rings. The van der Waals surface area contributed by atoms with Gasteiger partial charge in [-0.15, -0.1) is 0 Å². The Bertz CT molecular complexity index is 1530. The monoisotopic (exact) mass is 719 g/mol. The first-order valence-corrected chi connectivity index (χ1v) is 19.0. The summed E-state index contributed by atoms with van der Waals surface area (Å²) in [5.74, 6) is -9.14. The number of morpholine rings is 1. The van der Waals surface area contributed by atoms with E-state index in [0.29, 0.717) is 43.8 Å². The molecule has 2 aliphatic heterocycles. The lowest BCUT2D eigenvalue weighted by Gasteiger charge is -2.33. The lowest BCUT2D eigenvalue weighted by molar-refractivity contribution is -0.149. The lowest BCUT2D eigenvalue weighted by atomic mass is 9.81. The number of ether oxygens (including phenoxy) is 2. The highest BCUT2D eigenvalue weighted by Crippen LogP contribution is 2.36. The summed E-state index contributed by atoms with van der Waals surface area (Å²) in [6.07, 6.45) is 3.59. The number of methoxy groups -OCH3 is 1. The molecule has 0 unspecified atom stereocenters. The van der Waals surface area contributed by atoms with Gasteiger partial charge in [-0.3, -0.25) is 24.2 Å². The van der Waals surface area contributed by atoms with Crippen LogP contribution in [-0.4, -0.2) is 88.5 Å². The van der Waals surface area contributed by atoms with E-state index >= 15 is 13.2 Å². The van der Waals surface area contributed by atoms with Crippen molar-refractivity contribution in [3.63, 3.8) is 0 Å². The van der Waals surface area contributed by atoms with Gasteiger partial charge in [0.2, 0.25) is 17.7 Å². The van der Waals surface area contributed by atoms with E-state index in [1.165, 1.54) is 25.4 Å². The average molecular weight is 720 g/mol. The largest absolute Gasteiger partial charge is 0.495 e. The summed E-state index contributed by atoms with van der Waals surface area (Å²) in [4.78, 5) is 58.3. The standard InChI is InChI=1S/C35H48F3N5O6Si/c1-6-29(44)41-30(33(46)43-10-12-49-13-11-43)22(4)23-7-8-28(27(36)16-23)40-32(45)31(26-9-14-50-21(3)15-20(26)2)42-34(47)35(37,38)24-17-25(48-5)19-39-18-24/h7-8,16-22,26,30-31H,6,9-15,50H2,1-5H3,(H,40,45)(H,41,44)(H,42,47)/t20-,21-,22+,26+,30-,31+/m1/s1. The second-order valence-corrected chi connectivity index (χ2v) is 16.1. The molecule has 2 fully saturated rings. The average Bonchev–Trinajstić information content (AvgIpc) is 3.28. The molecule has 11 nitrogen and oxygen atoms in total. The van der Waals surface area contributed by atoms with Gasteiger partial charge >= 0.3 is 5.92 Å². The zero-order chi connectivity index (χ0) is 36.6. The Morgan fingerprint density at radius 2 is 1.84 bits per heavy atom. The molecule has 0 bridgehead atoms. The number of alkyl halides is 2. The maximum atomic E-state index is 15.7. The number of halogens is 3. The predicted octanol–water partition coefficient (Wildman–Crippen LogP) is 3.74. The number of nitrogens with one attached hydrogen (secondary N) is 3. The van der Waals surface area contributed by atoms with E-state index in [-0.39, 0.29) is 35.6 Å². The highest BCUT2D eigenvalue weighted by Gasteiger charge is 2.45. The highest BCUT2D eigenvalue weighted by atomic mass is 28.2. The van der Waals surface area contributed by atoms with Gasteiger partial charge in [0.25, 0.3) is 5.91 Å². The van der Waals surface area contributed by atoms with Crippen molar-refractivity contribution in [2.75, 3.05) is 38.7 Å². The third-order valence-electron chi connectivity index (χ3n) is 9.84. The van der Waals surface area contributed by atoms with Crippen molar-refractivity contribution in [3.05, 3.63) is 53.6 Å². The fourth-order valence-electron chi connectivity index (χ4n) is 6.82. The minimum absolute atomic E-state index is 0.0402. The Morgan fingerprint density at radius 1 is 1.12 bits per heavy atom. The summed E-state index contributed by atoms with van der Waals surface area (Å²) >= 11 is 0. The molecule has 4 rings (SSSR count). The molecule has 0 saturated carbocycles. The number of pyridine rings is 1. The molecule has 0 spiro atoms. The molecule has 3 N–H and O–H groups in total. The quantitative estimate of drug-likeness (QED) is 0.284. The number of benzene rings is 1. The van der Waals surface area contributed by atoms with Gasteiger partial charge in [0.15, 0.2) is 0 Å². The molecule has 2 saturated heterocycles. The van der Waals surface area contributed by atoms with Gasteiger partial charge in [-0.25, -0.2) is 4.39 Å². The fraction of sp³-hybridized carbons (Fsp3) is 0.571. The summed E-state index contributed by atoms with van der Waals surface area (Å²) in [5, 5.41) is 7.62. The molecule has 50 heavy (non-hydrogen) atoms. The molecule has 0 radical (unpaired) electrons. The Morgan fingerprint density at radius 3 is 2.50 bits per heavy atom. The van der Waals surface area contributed by atoms with Crippen LogP contribution in [0.15, 0.2) is 36.7 Å². The van der Waals surface area contributed by atoms with Crippen LogP contribution in [0.5, 0.6) is 5.75 Å². The first kappa shape index (κ1) is 38.8. The van der Waals surface area contributed by atoms with E-state index in [0.717, 1.165) is 24.7 Å². The molecular formula is C35H48F3N5O6Si. The van der Waals surface area contributed by atoms with Crippen molar-refractivity contribution in [1.82, 2.24) is 20.5 Å². The van der Waals surface area contributed by atoms with E-state index in [9.17, 15) is 19.2 Å². The van der Waals surface area contributed by atoms with Crippen LogP contribution in [0.4, 0.5) is 18.9 Å². The van der Waals surface area contributed by atoms with Crippen molar-refractivity contribution in [3.8, 4) is 5.75 Å². The Labute approximate surface area is 293 Å². The van der Waals surface area contributed by atoms with Gasteiger partial charge in [-0.1, -0.05) is 58.2 Å². The molecule has 0 aliphatic carbocycles. The van der Waals surface area contributed by atoms with Gasteiger partial charge in [0, 0.05) is 41.1 Å². The molecule has 2 aromatic rings. The lowest BCUT2D eigenvalue weighted by Crippen LogP contribution is -2.53. The molecule has 274 valence electrons. The second-order valence-electron chi connectivity index (χ2n) is 13.4. The number of aromatic nitrogens is 1. The van der Waals surface area contributed by atoms with Gasteiger partial charge in [0.05, 0.1) is 37.8 Å². The van der Waals surface area contributed by atoms with Crippen molar-refractivity contribution < 1.29 is 41.8 Å². The Balaban J connectivity index is 1.58. The zero-order valence-electron chi connectivity index (χ0n) is 29.3. The molecule has 3 heterocycles. The second kappa shape index (κ2) is 17.3. The van der Waals surface area contributed by atoms with Crippen LogP contribution in [-0.2, 0) is 29.8 Å². The molecule has 1 aromatic heterocycles. The predicted molar refractivity (Wildman–Crippen MR) is 184 cm³/mol. The van der Waals surface area contributed by atoms with Crippen LogP contribution in [0.3, 0.4) is 0 Å². The molecule has 4 amide bonds. The maximum absolute atomic E-state index is 15.7. The third kappa shape index (κ3) is 9.41. The van der Waals surface area contributed by atoms with Crippen LogP contribution >= 0.6 is 0 Å². The maximum Gasteiger partial charge on any atom is 0.351 e. The number of hydrogen-bond donors (Lipinski definition) is 3. The minimum atomic E-state index is -4.04. The normalized spacial score (nSPS) is 22.1. The van der Waals surface area contributed by atoms with Crippen LogP contribution in [0.2, 0.25) is 11.6 Å².